The van der Waals surface area contributed by atoms with E-state index in [1.807, 2.05) is 0 Å². The van der Waals surface area contributed by atoms with Crippen molar-refractivity contribution in [1.82, 2.24) is 10.2 Å². The molecule has 3 heteroatoms. The molecule has 0 aromatic heterocycles. The standard InChI is InChI=1S/C10H20N2S/c1-8(2)6-7-12(3)10(13)11-9-4-5-9/h8-9H,4-7H2,1-3H3,(H,11,13). The number of nitrogens with one attached hydrogen (secondary N) is 1. The van der Waals surface area contributed by atoms with E-state index in [1.165, 1.54) is 19.3 Å². The fourth-order valence-electron chi connectivity index (χ4n) is 1.07. The van der Waals surface area contributed by atoms with Crippen molar-refractivity contribution in [2.45, 2.75) is 39.2 Å². The molecule has 2 nitrogen and oxygen atoms in total. The van der Waals surface area contributed by atoms with E-state index in [1.54, 1.807) is 0 Å². The summed E-state index contributed by atoms with van der Waals surface area (Å²) in [6, 6.07) is 0.675. The molecule has 0 aliphatic heterocycles. The highest BCUT2D eigenvalue weighted by Crippen LogP contribution is 2.18. The molecule has 13 heavy (non-hydrogen) atoms. The first kappa shape index (κ1) is 10.8. The second kappa shape index (κ2) is 4.80. The van der Waals surface area contributed by atoms with Gasteiger partial charge in [-0.25, -0.2) is 0 Å². The largest absolute Gasteiger partial charge is 0.360 e. The molecule has 1 saturated carbocycles. The highest BCUT2D eigenvalue weighted by molar-refractivity contribution is 7.80. The lowest BCUT2D eigenvalue weighted by molar-refractivity contribution is 0.431. The molecule has 0 amide bonds. The van der Waals surface area contributed by atoms with Gasteiger partial charge in [0.15, 0.2) is 5.11 Å². The Balaban J connectivity index is 2.12. The zero-order valence-electron chi connectivity index (χ0n) is 8.84. The van der Waals surface area contributed by atoms with Crippen molar-refractivity contribution in [2.75, 3.05) is 13.6 Å². The van der Waals surface area contributed by atoms with Crippen LogP contribution < -0.4 is 5.32 Å². The van der Waals surface area contributed by atoms with Gasteiger partial charge in [-0.15, -0.1) is 0 Å². The Morgan fingerprint density at radius 1 is 1.54 bits per heavy atom. The predicted octanol–water partition coefficient (Wildman–Crippen LogP) is 2.00. The third-order valence-corrected chi connectivity index (χ3v) is 2.72. The number of nitrogens with zero attached hydrogens (tertiary/aromatic N) is 1. The zero-order valence-corrected chi connectivity index (χ0v) is 9.66. The molecule has 1 aliphatic carbocycles. The summed E-state index contributed by atoms with van der Waals surface area (Å²) in [4.78, 5) is 2.15. The Labute approximate surface area is 86.7 Å². The monoisotopic (exact) mass is 200 g/mol. The van der Waals surface area contributed by atoms with Gasteiger partial charge in [0.2, 0.25) is 0 Å². The summed E-state index contributed by atoms with van der Waals surface area (Å²) in [5.41, 5.74) is 0. The molecular weight excluding hydrogens is 180 g/mol. The van der Waals surface area contributed by atoms with E-state index in [9.17, 15) is 0 Å². The van der Waals surface area contributed by atoms with Crippen LogP contribution >= 0.6 is 12.2 Å². The molecule has 0 bridgehead atoms. The van der Waals surface area contributed by atoms with Gasteiger partial charge in [-0.3, -0.25) is 0 Å². The summed E-state index contributed by atoms with van der Waals surface area (Å²) in [7, 11) is 2.07. The van der Waals surface area contributed by atoms with Gasteiger partial charge in [0, 0.05) is 19.6 Å². The van der Waals surface area contributed by atoms with Crippen molar-refractivity contribution in [3.05, 3.63) is 0 Å². The minimum absolute atomic E-state index is 0.675. The third kappa shape index (κ3) is 4.46. The molecule has 1 rings (SSSR count). The van der Waals surface area contributed by atoms with E-state index in [4.69, 9.17) is 12.2 Å². The van der Waals surface area contributed by atoms with Crippen molar-refractivity contribution < 1.29 is 0 Å². The van der Waals surface area contributed by atoms with Crippen LogP contribution in [0.5, 0.6) is 0 Å². The highest BCUT2D eigenvalue weighted by Gasteiger charge is 2.22. The van der Waals surface area contributed by atoms with Crippen LogP contribution in [-0.4, -0.2) is 29.6 Å². The summed E-state index contributed by atoms with van der Waals surface area (Å²) in [6.07, 6.45) is 3.79. The van der Waals surface area contributed by atoms with Gasteiger partial charge in [0.1, 0.15) is 0 Å². The van der Waals surface area contributed by atoms with Gasteiger partial charge in [-0.2, -0.15) is 0 Å². The highest BCUT2D eigenvalue weighted by atomic mass is 32.1. The molecular formula is C10H20N2S. The lowest BCUT2D eigenvalue weighted by Gasteiger charge is -2.21. The van der Waals surface area contributed by atoms with E-state index >= 15 is 0 Å². The Morgan fingerprint density at radius 3 is 2.62 bits per heavy atom. The van der Waals surface area contributed by atoms with Crippen LogP contribution in [-0.2, 0) is 0 Å². The van der Waals surface area contributed by atoms with E-state index in [0.29, 0.717) is 6.04 Å². The molecule has 76 valence electrons. The van der Waals surface area contributed by atoms with Crippen LogP contribution in [0, 0.1) is 5.92 Å². The lowest BCUT2D eigenvalue weighted by atomic mass is 10.1. The summed E-state index contributed by atoms with van der Waals surface area (Å²) in [5.74, 6) is 0.756. The molecule has 0 atom stereocenters. The summed E-state index contributed by atoms with van der Waals surface area (Å²) >= 11 is 5.26. The average molecular weight is 200 g/mol. The molecule has 1 aliphatic rings. The first-order valence-corrected chi connectivity index (χ1v) is 5.52. The number of hydrogen-bond acceptors (Lipinski definition) is 1. The number of rotatable bonds is 4. The van der Waals surface area contributed by atoms with E-state index in [-0.39, 0.29) is 0 Å². The van der Waals surface area contributed by atoms with Crippen molar-refractivity contribution >= 4 is 17.3 Å². The average Bonchev–Trinajstić information content (AvgIpc) is 2.83. The fourth-order valence-corrected chi connectivity index (χ4v) is 1.32. The minimum Gasteiger partial charge on any atom is -0.360 e. The van der Waals surface area contributed by atoms with Gasteiger partial charge >= 0.3 is 0 Å². The molecule has 0 saturated heterocycles. The molecule has 0 unspecified atom stereocenters. The SMILES string of the molecule is CC(C)CCN(C)C(=S)NC1CC1. The van der Waals surface area contributed by atoms with Gasteiger partial charge in [-0.1, -0.05) is 13.8 Å². The van der Waals surface area contributed by atoms with Crippen LogP contribution in [0.15, 0.2) is 0 Å². The van der Waals surface area contributed by atoms with Gasteiger partial charge < -0.3 is 10.2 Å². The van der Waals surface area contributed by atoms with E-state index in [2.05, 4.69) is 31.1 Å². The van der Waals surface area contributed by atoms with Crippen LogP contribution in [0.3, 0.4) is 0 Å². The van der Waals surface area contributed by atoms with Crippen molar-refractivity contribution in [2.24, 2.45) is 5.92 Å². The molecule has 0 spiro atoms. The summed E-state index contributed by atoms with van der Waals surface area (Å²) < 4.78 is 0. The minimum atomic E-state index is 0.675. The van der Waals surface area contributed by atoms with Crippen LogP contribution in [0.1, 0.15) is 33.1 Å². The first-order chi connectivity index (χ1) is 6.09. The van der Waals surface area contributed by atoms with E-state index < -0.39 is 0 Å². The molecule has 0 aromatic carbocycles. The van der Waals surface area contributed by atoms with E-state index in [0.717, 1.165) is 17.6 Å². The van der Waals surface area contributed by atoms with Gasteiger partial charge in [0.05, 0.1) is 0 Å². The molecule has 0 heterocycles. The number of hydrogen-bond donors (Lipinski definition) is 1. The zero-order chi connectivity index (χ0) is 9.84. The molecule has 1 N–H and O–H groups in total. The van der Waals surface area contributed by atoms with Crippen molar-refractivity contribution in [3.63, 3.8) is 0 Å². The van der Waals surface area contributed by atoms with Crippen LogP contribution in [0.2, 0.25) is 0 Å². The first-order valence-electron chi connectivity index (χ1n) is 5.11. The van der Waals surface area contributed by atoms with Crippen LogP contribution in [0.4, 0.5) is 0 Å². The molecule has 0 aromatic rings. The Hall–Kier alpha value is -0.310. The summed E-state index contributed by atoms with van der Waals surface area (Å²) in [5, 5.41) is 4.25. The van der Waals surface area contributed by atoms with Gasteiger partial charge in [-0.05, 0) is 37.4 Å². The van der Waals surface area contributed by atoms with Crippen molar-refractivity contribution in [3.8, 4) is 0 Å². The maximum atomic E-state index is 5.26. The smallest absolute Gasteiger partial charge is 0.168 e. The second-order valence-corrected chi connectivity index (χ2v) is 4.71. The normalized spacial score (nSPS) is 16.0. The Kier molecular flexibility index (Phi) is 3.97. The Bertz CT molecular complexity index is 176. The third-order valence-electron chi connectivity index (χ3n) is 2.29. The summed E-state index contributed by atoms with van der Waals surface area (Å²) in [6.45, 7) is 5.55. The Morgan fingerprint density at radius 2 is 2.15 bits per heavy atom. The predicted molar refractivity (Wildman–Crippen MR) is 60.8 cm³/mol. The maximum Gasteiger partial charge on any atom is 0.168 e. The lowest BCUT2D eigenvalue weighted by Crippen LogP contribution is -2.38. The molecule has 0 radical (unpaired) electrons. The maximum absolute atomic E-state index is 5.26. The van der Waals surface area contributed by atoms with Crippen LogP contribution in [0.25, 0.3) is 0 Å². The second-order valence-electron chi connectivity index (χ2n) is 4.33. The number of thiocarbonyl (C=S) groups is 1. The molecule has 1 fully saturated rings. The fraction of sp³-hybridized carbons (Fsp3) is 0.900. The van der Waals surface area contributed by atoms with Crippen molar-refractivity contribution in [1.29, 1.82) is 0 Å². The van der Waals surface area contributed by atoms with Gasteiger partial charge in [0.25, 0.3) is 0 Å². The quantitative estimate of drug-likeness (QED) is 0.699. The topological polar surface area (TPSA) is 15.3 Å².